The average molecular weight is 242 g/mol. The van der Waals surface area contributed by atoms with Gasteiger partial charge in [0, 0.05) is 19.1 Å². The van der Waals surface area contributed by atoms with E-state index in [1.165, 1.54) is 45.1 Å². The van der Waals surface area contributed by atoms with Gasteiger partial charge in [-0.2, -0.15) is 0 Å². The SMILES string of the molecule is CCC(CC)CN(CC(N)=S)C1CCCC1. The number of thiocarbonyl (C=S) groups is 1. The summed E-state index contributed by atoms with van der Waals surface area (Å²) in [5.74, 6) is 0.801. The number of nitrogens with two attached hydrogens (primary N) is 1. The molecule has 16 heavy (non-hydrogen) atoms. The van der Waals surface area contributed by atoms with E-state index in [0.717, 1.165) is 18.5 Å². The molecule has 0 aromatic rings. The zero-order valence-electron chi connectivity index (χ0n) is 10.7. The van der Waals surface area contributed by atoms with E-state index < -0.39 is 0 Å². The lowest BCUT2D eigenvalue weighted by Crippen LogP contribution is -2.42. The Kier molecular flexibility index (Phi) is 6.29. The van der Waals surface area contributed by atoms with E-state index in [9.17, 15) is 0 Å². The van der Waals surface area contributed by atoms with Gasteiger partial charge in [-0.15, -0.1) is 0 Å². The molecular formula is C13H26N2S. The molecule has 0 heterocycles. The van der Waals surface area contributed by atoms with Crippen molar-refractivity contribution in [2.45, 2.75) is 58.4 Å². The van der Waals surface area contributed by atoms with Gasteiger partial charge < -0.3 is 5.73 Å². The van der Waals surface area contributed by atoms with Crippen molar-refractivity contribution >= 4 is 17.2 Å². The van der Waals surface area contributed by atoms with Crippen molar-refractivity contribution in [1.29, 1.82) is 0 Å². The Morgan fingerprint density at radius 2 is 1.88 bits per heavy atom. The molecular weight excluding hydrogens is 216 g/mol. The predicted octanol–water partition coefficient (Wildman–Crippen LogP) is 2.95. The predicted molar refractivity (Wildman–Crippen MR) is 74.7 cm³/mol. The second-order valence-electron chi connectivity index (χ2n) is 5.02. The standard InChI is InChI=1S/C13H26N2S/c1-3-11(4-2)9-15(10-13(14)16)12-7-5-6-8-12/h11-12H,3-10H2,1-2H3,(H2,14,16). The summed E-state index contributed by atoms with van der Waals surface area (Å²) in [6.07, 6.45) is 7.95. The second-order valence-corrected chi connectivity index (χ2v) is 5.54. The monoisotopic (exact) mass is 242 g/mol. The summed E-state index contributed by atoms with van der Waals surface area (Å²) in [6, 6.07) is 0.738. The van der Waals surface area contributed by atoms with Crippen molar-refractivity contribution in [2.24, 2.45) is 11.7 Å². The molecule has 1 aliphatic carbocycles. The first-order valence-corrected chi connectivity index (χ1v) is 7.10. The molecule has 0 aromatic carbocycles. The molecule has 94 valence electrons. The van der Waals surface area contributed by atoms with Crippen LogP contribution in [0.1, 0.15) is 52.4 Å². The third-order valence-electron chi connectivity index (χ3n) is 3.85. The molecule has 1 saturated carbocycles. The Bertz CT molecular complexity index is 208. The summed E-state index contributed by atoms with van der Waals surface area (Å²) in [5, 5.41) is 0. The molecule has 2 N–H and O–H groups in total. The van der Waals surface area contributed by atoms with Crippen molar-refractivity contribution in [3.8, 4) is 0 Å². The number of hydrogen-bond acceptors (Lipinski definition) is 2. The van der Waals surface area contributed by atoms with Crippen LogP contribution < -0.4 is 5.73 Å². The van der Waals surface area contributed by atoms with Gasteiger partial charge >= 0.3 is 0 Å². The van der Waals surface area contributed by atoms with Gasteiger partial charge in [0.1, 0.15) is 0 Å². The maximum atomic E-state index is 5.71. The third kappa shape index (κ3) is 4.38. The Morgan fingerprint density at radius 1 is 1.31 bits per heavy atom. The van der Waals surface area contributed by atoms with Gasteiger partial charge in [-0.1, -0.05) is 51.7 Å². The van der Waals surface area contributed by atoms with E-state index in [2.05, 4.69) is 18.7 Å². The second kappa shape index (κ2) is 7.23. The Labute approximate surface area is 106 Å². The summed E-state index contributed by atoms with van der Waals surface area (Å²) in [4.78, 5) is 3.19. The number of nitrogens with zero attached hydrogens (tertiary/aromatic N) is 1. The maximum Gasteiger partial charge on any atom is 0.0870 e. The minimum Gasteiger partial charge on any atom is -0.392 e. The lowest BCUT2D eigenvalue weighted by Gasteiger charge is -2.31. The first kappa shape index (κ1) is 13.9. The van der Waals surface area contributed by atoms with Crippen LogP contribution in [0.2, 0.25) is 0 Å². The van der Waals surface area contributed by atoms with Gasteiger partial charge in [0.25, 0.3) is 0 Å². The van der Waals surface area contributed by atoms with Crippen molar-refractivity contribution in [2.75, 3.05) is 13.1 Å². The summed E-state index contributed by atoms with van der Waals surface area (Å²) in [7, 11) is 0. The highest BCUT2D eigenvalue weighted by atomic mass is 32.1. The molecule has 1 rings (SSSR count). The van der Waals surface area contributed by atoms with E-state index >= 15 is 0 Å². The minimum atomic E-state index is 0.651. The largest absolute Gasteiger partial charge is 0.392 e. The van der Waals surface area contributed by atoms with Crippen LogP contribution in [-0.2, 0) is 0 Å². The highest BCUT2D eigenvalue weighted by Gasteiger charge is 2.24. The molecule has 0 aliphatic heterocycles. The summed E-state index contributed by atoms with van der Waals surface area (Å²) in [5.41, 5.74) is 5.71. The van der Waals surface area contributed by atoms with Crippen molar-refractivity contribution < 1.29 is 0 Å². The number of rotatable bonds is 7. The fourth-order valence-corrected chi connectivity index (χ4v) is 2.86. The molecule has 0 bridgehead atoms. The van der Waals surface area contributed by atoms with Crippen LogP contribution in [0.4, 0.5) is 0 Å². The van der Waals surface area contributed by atoms with Crippen LogP contribution >= 0.6 is 12.2 Å². The summed E-state index contributed by atoms with van der Waals surface area (Å²) in [6.45, 7) is 6.55. The minimum absolute atomic E-state index is 0.651. The molecule has 1 fully saturated rings. The van der Waals surface area contributed by atoms with Gasteiger partial charge in [-0.05, 0) is 18.8 Å². The fourth-order valence-electron chi connectivity index (χ4n) is 2.69. The lowest BCUT2D eigenvalue weighted by atomic mass is 10.0. The molecule has 0 aromatic heterocycles. The molecule has 3 heteroatoms. The van der Waals surface area contributed by atoms with Crippen LogP contribution in [-0.4, -0.2) is 29.0 Å². The van der Waals surface area contributed by atoms with Crippen LogP contribution in [0.5, 0.6) is 0 Å². The first-order chi connectivity index (χ1) is 7.67. The summed E-state index contributed by atoms with van der Waals surface area (Å²) >= 11 is 5.07. The van der Waals surface area contributed by atoms with Crippen LogP contribution in [0.25, 0.3) is 0 Å². The zero-order valence-corrected chi connectivity index (χ0v) is 11.6. The van der Waals surface area contributed by atoms with Gasteiger partial charge in [0.2, 0.25) is 0 Å². The quantitative estimate of drug-likeness (QED) is 0.696. The Hall–Kier alpha value is -0.150. The van der Waals surface area contributed by atoms with Crippen LogP contribution in [0, 0.1) is 5.92 Å². The Morgan fingerprint density at radius 3 is 2.31 bits per heavy atom. The molecule has 0 spiro atoms. The van der Waals surface area contributed by atoms with Crippen LogP contribution in [0.3, 0.4) is 0 Å². The highest BCUT2D eigenvalue weighted by Crippen LogP contribution is 2.25. The van der Waals surface area contributed by atoms with E-state index in [1.54, 1.807) is 0 Å². The molecule has 1 aliphatic rings. The lowest BCUT2D eigenvalue weighted by molar-refractivity contribution is 0.187. The van der Waals surface area contributed by atoms with E-state index in [0.29, 0.717) is 4.99 Å². The Balaban J connectivity index is 2.51. The molecule has 0 saturated heterocycles. The van der Waals surface area contributed by atoms with E-state index in [4.69, 9.17) is 18.0 Å². The fraction of sp³-hybridized carbons (Fsp3) is 0.923. The molecule has 0 unspecified atom stereocenters. The maximum absolute atomic E-state index is 5.71. The molecule has 0 atom stereocenters. The molecule has 0 amide bonds. The van der Waals surface area contributed by atoms with Gasteiger partial charge in [-0.3, -0.25) is 4.90 Å². The summed E-state index contributed by atoms with van der Waals surface area (Å²) < 4.78 is 0. The van der Waals surface area contributed by atoms with Gasteiger partial charge in [-0.25, -0.2) is 0 Å². The highest BCUT2D eigenvalue weighted by molar-refractivity contribution is 7.80. The van der Waals surface area contributed by atoms with Crippen LogP contribution in [0.15, 0.2) is 0 Å². The van der Waals surface area contributed by atoms with Crippen molar-refractivity contribution in [3.05, 3.63) is 0 Å². The smallest absolute Gasteiger partial charge is 0.0870 e. The third-order valence-corrected chi connectivity index (χ3v) is 3.98. The zero-order chi connectivity index (χ0) is 12.0. The molecule has 2 nitrogen and oxygen atoms in total. The van der Waals surface area contributed by atoms with Gasteiger partial charge in [0.15, 0.2) is 0 Å². The van der Waals surface area contributed by atoms with Gasteiger partial charge in [0.05, 0.1) is 4.99 Å². The van der Waals surface area contributed by atoms with E-state index in [-0.39, 0.29) is 0 Å². The average Bonchev–Trinajstić information content (AvgIpc) is 2.76. The first-order valence-electron chi connectivity index (χ1n) is 6.69. The topological polar surface area (TPSA) is 29.3 Å². The molecule has 0 radical (unpaired) electrons. The van der Waals surface area contributed by atoms with Crippen molar-refractivity contribution in [1.82, 2.24) is 4.90 Å². The van der Waals surface area contributed by atoms with Crippen molar-refractivity contribution in [3.63, 3.8) is 0 Å². The van der Waals surface area contributed by atoms with E-state index in [1.807, 2.05) is 0 Å². The number of hydrogen-bond donors (Lipinski definition) is 1. The normalized spacial score (nSPS) is 17.5.